The van der Waals surface area contributed by atoms with Crippen LogP contribution in [0.4, 0.5) is 30.2 Å². The summed E-state index contributed by atoms with van der Waals surface area (Å²) in [7, 11) is -4.20. The maximum Gasteiger partial charge on any atom is 0.423 e. The Hall–Kier alpha value is -3.19. The number of carbonyl (C=O) groups is 1. The first-order valence-corrected chi connectivity index (χ1v) is 10.5. The lowest BCUT2D eigenvalue weighted by Crippen LogP contribution is -2.45. The van der Waals surface area contributed by atoms with E-state index in [0.29, 0.717) is 17.8 Å². The second-order valence-electron chi connectivity index (χ2n) is 6.67. The first-order chi connectivity index (χ1) is 14.7. The van der Waals surface area contributed by atoms with Gasteiger partial charge in [0.05, 0.1) is 26.4 Å². The average Bonchev–Trinajstić information content (AvgIpc) is 2.67. The molecule has 0 fully saturated rings. The first-order valence-electron chi connectivity index (χ1n) is 8.47. The maximum absolute atomic E-state index is 13.1. The lowest BCUT2D eigenvalue weighted by atomic mass is 10.1. The first kappa shape index (κ1) is 25.1. The number of rotatable bonds is 7. The number of hydrogen-bond acceptors (Lipinski definition) is 8. The van der Waals surface area contributed by atoms with Crippen molar-refractivity contribution < 1.29 is 36.4 Å². The number of amides is 1. The minimum Gasteiger partial charge on any atom is -0.379 e. The van der Waals surface area contributed by atoms with Crippen LogP contribution in [0.15, 0.2) is 52.4 Å². The number of carbonyl (C=O) groups excluding carboxylic acids is 1. The zero-order valence-electron chi connectivity index (χ0n) is 16.1. The zero-order valence-corrected chi connectivity index (χ0v) is 17.7. The van der Waals surface area contributed by atoms with Crippen LogP contribution < -0.4 is 5.32 Å². The van der Waals surface area contributed by atoms with Crippen LogP contribution in [0.2, 0.25) is 0 Å². The van der Waals surface area contributed by atoms with Crippen molar-refractivity contribution in [2.24, 2.45) is 4.99 Å². The highest BCUT2D eigenvalue weighted by Crippen LogP contribution is 2.37. The topological polar surface area (TPSA) is 139 Å². The van der Waals surface area contributed by atoms with Crippen LogP contribution in [0, 0.1) is 10.1 Å². The molecule has 0 aliphatic rings. The van der Waals surface area contributed by atoms with Gasteiger partial charge < -0.3 is 10.4 Å². The molecule has 0 radical (unpaired) electrons. The Morgan fingerprint density at radius 2 is 1.84 bits per heavy atom. The third-order valence-electron chi connectivity index (χ3n) is 4.09. The van der Waals surface area contributed by atoms with E-state index in [2.05, 4.69) is 22.4 Å². The summed E-state index contributed by atoms with van der Waals surface area (Å²) in [5, 5.41) is 25.2. The molecule has 0 spiro atoms. The number of hydrogen-bond donors (Lipinski definition) is 2. The van der Waals surface area contributed by atoms with Crippen molar-refractivity contribution in [1.82, 2.24) is 0 Å². The third-order valence-corrected chi connectivity index (χ3v) is 6.11. The Kier molecular flexibility index (Phi) is 7.15. The molecular formula is C18H14F3N3O6S2. The van der Waals surface area contributed by atoms with Gasteiger partial charge in [-0.3, -0.25) is 14.9 Å². The molecule has 0 heterocycles. The fourth-order valence-corrected chi connectivity index (χ4v) is 4.26. The van der Waals surface area contributed by atoms with Gasteiger partial charge in [-0.25, -0.2) is 8.42 Å². The summed E-state index contributed by atoms with van der Waals surface area (Å²) >= 11 is 4.43. The summed E-state index contributed by atoms with van der Waals surface area (Å²) in [6, 6.07) is 6.64. The molecule has 0 unspecified atom stereocenters. The van der Waals surface area contributed by atoms with Gasteiger partial charge in [-0.2, -0.15) is 18.2 Å². The Bertz CT molecular complexity index is 1210. The van der Waals surface area contributed by atoms with Crippen LogP contribution in [-0.2, 0) is 20.8 Å². The summed E-state index contributed by atoms with van der Waals surface area (Å²) in [4.78, 5) is 25.4. The number of nitrogens with one attached hydrogen (secondary N) is 1. The molecule has 2 N–H and O–H groups in total. The fourth-order valence-electron chi connectivity index (χ4n) is 2.57. The average molecular weight is 489 g/mol. The Balaban J connectivity index is 2.27. The number of alkyl halides is 3. The van der Waals surface area contributed by atoms with Crippen LogP contribution in [0.25, 0.3) is 0 Å². The largest absolute Gasteiger partial charge is 0.423 e. The molecule has 2 aromatic rings. The number of nitro benzene ring substituents is 1. The zero-order chi connectivity index (χ0) is 24.3. The number of aliphatic imine (C=N–C) groups is 1. The standard InChI is InChI=1S/C18H14F3N3O6S2/c1-17(26,9-32(29,30)13-5-2-11(3-6-13)22-10-31)16(25)23-12-4-7-15(24(27)28)14(8-12)18(19,20)21/h2-8,26H,9H2,1H3,(H,23,25)/t17-/m1/s1. The number of nitro groups is 1. The van der Waals surface area contributed by atoms with Crippen molar-refractivity contribution in [3.05, 3.63) is 58.1 Å². The summed E-state index contributed by atoms with van der Waals surface area (Å²) < 4.78 is 64.4. The van der Waals surface area contributed by atoms with E-state index < -0.39 is 55.1 Å². The smallest absolute Gasteiger partial charge is 0.379 e. The van der Waals surface area contributed by atoms with E-state index in [4.69, 9.17) is 0 Å². The molecule has 0 aliphatic heterocycles. The van der Waals surface area contributed by atoms with Gasteiger partial charge in [0.25, 0.3) is 11.6 Å². The third kappa shape index (κ3) is 5.95. The Morgan fingerprint density at radius 3 is 2.34 bits per heavy atom. The molecular weight excluding hydrogens is 475 g/mol. The monoisotopic (exact) mass is 489 g/mol. The lowest BCUT2D eigenvalue weighted by molar-refractivity contribution is -0.388. The summed E-state index contributed by atoms with van der Waals surface area (Å²) in [6.07, 6.45) is -5.09. The van der Waals surface area contributed by atoms with Crippen LogP contribution in [0.5, 0.6) is 0 Å². The van der Waals surface area contributed by atoms with E-state index in [-0.39, 0.29) is 4.90 Å². The van der Waals surface area contributed by atoms with Crippen molar-refractivity contribution in [2.45, 2.75) is 23.6 Å². The molecule has 0 bridgehead atoms. The Labute approximate surface area is 184 Å². The molecule has 32 heavy (non-hydrogen) atoms. The van der Waals surface area contributed by atoms with Crippen molar-refractivity contribution >= 4 is 50.2 Å². The van der Waals surface area contributed by atoms with Crippen molar-refractivity contribution in [3.8, 4) is 0 Å². The van der Waals surface area contributed by atoms with Crippen LogP contribution in [-0.4, -0.2) is 40.9 Å². The molecule has 0 aromatic heterocycles. The molecule has 170 valence electrons. The van der Waals surface area contributed by atoms with Crippen LogP contribution in [0.1, 0.15) is 12.5 Å². The van der Waals surface area contributed by atoms with Crippen LogP contribution in [0.3, 0.4) is 0 Å². The van der Waals surface area contributed by atoms with E-state index in [1.807, 2.05) is 5.32 Å². The molecule has 14 heteroatoms. The highest BCUT2D eigenvalue weighted by Gasteiger charge is 2.40. The van der Waals surface area contributed by atoms with Gasteiger partial charge in [0.15, 0.2) is 15.4 Å². The van der Waals surface area contributed by atoms with Gasteiger partial charge in [-0.15, -0.1) is 0 Å². The van der Waals surface area contributed by atoms with E-state index in [9.17, 15) is 41.6 Å². The molecule has 1 amide bonds. The van der Waals surface area contributed by atoms with E-state index >= 15 is 0 Å². The predicted octanol–water partition coefficient (Wildman–Crippen LogP) is 3.51. The Morgan fingerprint density at radius 1 is 1.25 bits per heavy atom. The highest BCUT2D eigenvalue weighted by atomic mass is 32.2. The minimum absolute atomic E-state index is 0.247. The number of anilines is 1. The van der Waals surface area contributed by atoms with Gasteiger partial charge in [0.1, 0.15) is 5.56 Å². The summed E-state index contributed by atoms with van der Waals surface area (Å²) in [5.41, 5.74) is -5.60. The maximum atomic E-state index is 13.1. The molecule has 9 nitrogen and oxygen atoms in total. The van der Waals surface area contributed by atoms with Gasteiger partial charge in [-0.1, -0.05) is 0 Å². The van der Waals surface area contributed by atoms with Gasteiger partial charge >= 0.3 is 6.18 Å². The molecule has 0 saturated carbocycles. The number of benzene rings is 2. The molecule has 2 rings (SSSR count). The minimum atomic E-state index is -5.09. The molecule has 0 aliphatic carbocycles. The second-order valence-corrected chi connectivity index (χ2v) is 8.84. The second kappa shape index (κ2) is 9.12. The molecule has 2 aromatic carbocycles. The van der Waals surface area contributed by atoms with Crippen molar-refractivity contribution in [1.29, 1.82) is 0 Å². The molecule has 0 saturated heterocycles. The van der Waals surface area contributed by atoms with E-state index in [0.717, 1.165) is 13.0 Å². The van der Waals surface area contributed by atoms with Gasteiger partial charge in [0.2, 0.25) is 0 Å². The highest BCUT2D eigenvalue weighted by molar-refractivity contribution is 7.91. The lowest BCUT2D eigenvalue weighted by Gasteiger charge is -2.22. The normalized spacial score (nSPS) is 13.5. The molecule has 1 atom stereocenters. The quantitative estimate of drug-likeness (QED) is 0.263. The fraction of sp³-hybridized carbons (Fsp3) is 0.222. The van der Waals surface area contributed by atoms with Crippen molar-refractivity contribution in [2.75, 3.05) is 11.1 Å². The summed E-state index contributed by atoms with van der Waals surface area (Å²) in [6.45, 7) is 0.862. The van der Waals surface area contributed by atoms with Gasteiger partial charge in [-0.05, 0) is 55.5 Å². The predicted molar refractivity (Wildman–Crippen MR) is 111 cm³/mol. The SMILES string of the molecule is C[C@@](O)(CS(=O)(=O)c1ccc(N=C=S)cc1)C(=O)Nc1ccc([N+](=O)[O-])c(C(F)(F)F)c1. The number of halogens is 3. The van der Waals surface area contributed by atoms with Crippen LogP contribution >= 0.6 is 12.2 Å². The number of thiocarbonyl (C=S) groups is 1. The van der Waals surface area contributed by atoms with Crippen molar-refractivity contribution in [3.63, 3.8) is 0 Å². The number of nitrogens with zero attached hydrogens (tertiary/aromatic N) is 2. The van der Waals surface area contributed by atoms with E-state index in [1.54, 1.807) is 0 Å². The number of isothiocyanates is 1. The number of aliphatic hydroxyl groups is 1. The van der Waals surface area contributed by atoms with Gasteiger partial charge in [0, 0.05) is 11.8 Å². The van der Waals surface area contributed by atoms with E-state index in [1.165, 1.54) is 24.3 Å². The summed E-state index contributed by atoms with van der Waals surface area (Å²) in [5.74, 6) is -2.43. The number of sulfone groups is 1.